The summed E-state index contributed by atoms with van der Waals surface area (Å²) >= 11 is 1.48. The van der Waals surface area contributed by atoms with Crippen molar-refractivity contribution in [2.45, 2.75) is 11.6 Å². The molecule has 0 radical (unpaired) electrons. The summed E-state index contributed by atoms with van der Waals surface area (Å²) in [5, 5.41) is 5.45. The SMILES string of the molecule is c1cc(C2NCCOC23COC3)ns1. The maximum atomic E-state index is 5.81. The van der Waals surface area contributed by atoms with Gasteiger partial charge in [-0.1, -0.05) is 0 Å². The van der Waals surface area contributed by atoms with Crippen molar-refractivity contribution in [2.24, 2.45) is 0 Å². The van der Waals surface area contributed by atoms with E-state index in [1.165, 1.54) is 11.5 Å². The van der Waals surface area contributed by atoms with Crippen molar-refractivity contribution in [3.8, 4) is 0 Å². The van der Waals surface area contributed by atoms with Gasteiger partial charge in [-0.05, 0) is 17.6 Å². The number of morpholine rings is 1. The van der Waals surface area contributed by atoms with E-state index in [9.17, 15) is 0 Å². The molecular formula is C9H12N2O2S. The number of ether oxygens (including phenoxy) is 2. The molecule has 0 aromatic carbocycles. The second kappa shape index (κ2) is 3.27. The molecular weight excluding hydrogens is 200 g/mol. The van der Waals surface area contributed by atoms with Gasteiger partial charge in [0.1, 0.15) is 5.60 Å². The Labute approximate surface area is 86.4 Å². The van der Waals surface area contributed by atoms with Gasteiger partial charge in [-0.25, -0.2) is 0 Å². The van der Waals surface area contributed by atoms with Crippen LogP contribution in [0, 0.1) is 0 Å². The molecule has 2 aliphatic rings. The van der Waals surface area contributed by atoms with Crippen LogP contribution in [0.3, 0.4) is 0 Å². The highest BCUT2D eigenvalue weighted by Gasteiger charge is 2.50. The molecule has 0 bridgehead atoms. The summed E-state index contributed by atoms with van der Waals surface area (Å²) in [4.78, 5) is 0. The van der Waals surface area contributed by atoms with Crippen molar-refractivity contribution in [1.29, 1.82) is 0 Å². The fourth-order valence-corrected chi connectivity index (χ4v) is 2.57. The molecule has 5 heteroatoms. The van der Waals surface area contributed by atoms with E-state index >= 15 is 0 Å². The summed E-state index contributed by atoms with van der Waals surface area (Å²) in [6.07, 6.45) is 0. The van der Waals surface area contributed by atoms with E-state index in [0.29, 0.717) is 13.2 Å². The summed E-state index contributed by atoms with van der Waals surface area (Å²) in [5.41, 5.74) is 0.935. The molecule has 2 fully saturated rings. The fourth-order valence-electron chi connectivity index (χ4n) is 2.03. The number of nitrogens with one attached hydrogen (secondary N) is 1. The number of aromatic nitrogens is 1. The number of hydrogen-bond acceptors (Lipinski definition) is 5. The molecule has 1 atom stereocenters. The average Bonchev–Trinajstić information content (AvgIpc) is 2.68. The summed E-state index contributed by atoms with van der Waals surface area (Å²) in [6, 6.07) is 2.26. The first-order valence-corrected chi connectivity index (χ1v) is 5.60. The van der Waals surface area contributed by atoms with Gasteiger partial charge in [0.05, 0.1) is 31.6 Å². The first-order valence-electron chi connectivity index (χ1n) is 4.76. The minimum Gasteiger partial charge on any atom is -0.375 e. The van der Waals surface area contributed by atoms with E-state index < -0.39 is 0 Å². The smallest absolute Gasteiger partial charge is 0.135 e. The molecule has 4 nitrogen and oxygen atoms in total. The molecule has 1 unspecified atom stereocenters. The van der Waals surface area contributed by atoms with E-state index in [-0.39, 0.29) is 11.6 Å². The minimum atomic E-state index is -0.147. The Balaban J connectivity index is 1.88. The maximum absolute atomic E-state index is 5.81. The van der Waals surface area contributed by atoms with Crippen LogP contribution in [0.15, 0.2) is 11.4 Å². The highest BCUT2D eigenvalue weighted by atomic mass is 32.1. The topological polar surface area (TPSA) is 43.4 Å². The van der Waals surface area contributed by atoms with Crippen molar-refractivity contribution in [3.63, 3.8) is 0 Å². The predicted octanol–water partition coefficient (Wildman–Crippen LogP) is 0.573. The van der Waals surface area contributed by atoms with Gasteiger partial charge in [0.15, 0.2) is 0 Å². The Morgan fingerprint density at radius 2 is 2.50 bits per heavy atom. The molecule has 1 aromatic rings. The lowest BCUT2D eigenvalue weighted by atomic mass is 9.88. The molecule has 1 N–H and O–H groups in total. The maximum Gasteiger partial charge on any atom is 0.135 e. The summed E-state index contributed by atoms with van der Waals surface area (Å²) in [7, 11) is 0. The van der Waals surface area contributed by atoms with Crippen molar-refractivity contribution in [3.05, 3.63) is 17.1 Å². The van der Waals surface area contributed by atoms with E-state index in [1.54, 1.807) is 0 Å². The molecule has 0 saturated carbocycles. The van der Waals surface area contributed by atoms with Crippen LogP contribution < -0.4 is 5.32 Å². The van der Waals surface area contributed by atoms with Gasteiger partial charge in [0, 0.05) is 11.9 Å². The van der Waals surface area contributed by atoms with Crippen molar-refractivity contribution >= 4 is 11.5 Å². The lowest BCUT2D eigenvalue weighted by molar-refractivity contribution is -0.239. The van der Waals surface area contributed by atoms with Crippen molar-refractivity contribution in [1.82, 2.24) is 9.69 Å². The van der Waals surface area contributed by atoms with Crippen LogP contribution in [0.5, 0.6) is 0 Å². The van der Waals surface area contributed by atoms with Gasteiger partial charge in [-0.2, -0.15) is 4.37 Å². The summed E-state index contributed by atoms with van der Waals surface area (Å²) < 4.78 is 15.4. The standard InChI is InChI=1S/C9H12N2O2S/c1-4-14-11-7(1)8-9(5-12-6-9)13-3-2-10-8/h1,4,8,10H,2-3,5-6H2. The molecule has 14 heavy (non-hydrogen) atoms. The van der Waals surface area contributed by atoms with E-state index in [1.807, 2.05) is 5.38 Å². The molecule has 3 heterocycles. The monoisotopic (exact) mass is 212 g/mol. The van der Waals surface area contributed by atoms with Gasteiger partial charge in [0.2, 0.25) is 0 Å². The molecule has 1 aromatic heterocycles. The number of hydrogen-bond donors (Lipinski definition) is 1. The molecule has 3 rings (SSSR count). The van der Waals surface area contributed by atoms with Crippen molar-refractivity contribution in [2.75, 3.05) is 26.4 Å². The first-order chi connectivity index (χ1) is 6.91. The Morgan fingerprint density at radius 1 is 1.57 bits per heavy atom. The lowest BCUT2D eigenvalue weighted by Gasteiger charge is -2.49. The van der Waals surface area contributed by atoms with Gasteiger partial charge in [-0.15, -0.1) is 0 Å². The minimum absolute atomic E-state index is 0.147. The van der Waals surface area contributed by atoms with Gasteiger partial charge in [-0.3, -0.25) is 0 Å². The first kappa shape index (κ1) is 8.79. The molecule has 0 aliphatic carbocycles. The number of nitrogens with zero attached hydrogens (tertiary/aromatic N) is 1. The highest BCUT2D eigenvalue weighted by molar-refractivity contribution is 7.03. The third-order valence-corrected chi connectivity index (χ3v) is 3.39. The van der Waals surface area contributed by atoms with Crippen LogP contribution in [0.2, 0.25) is 0 Å². The van der Waals surface area contributed by atoms with Crippen LogP contribution in [0.1, 0.15) is 11.7 Å². The molecule has 2 saturated heterocycles. The van der Waals surface area contributed by atoms with E-state index in [2.05, 4.69) is 15.8 Å². The van der Waals surface area contributed by atoms with Crippen LogP contribution in [-0.2, 0) is 9.47 Å². The molecule has 1 spiro atoms. The highest BCUT2D eigenvalue weighted by Crippen LogP contribution is 2.37. The zero-order valence-corrected chi connectivity index (χ0v) is 8.55. The Morgan fingerprint density at radius 3 is 3.14 bits per heavy atom. The Kier molecular flexibility index (Phi) is 2.05. The molecule has 0 amide bonds. The average molecular weight is 212 g/mol. The van der Waals surface area contributed by atoms with Crippen LogP contribution in [0.4, 0.5) is 0 Å². The number of rotatable bonds is 1. The largest absolute Gasteiger partial charge is 0.375 e. The van der Waals surface area contributed by atoms with Crippen LogP contribution >= 0.6 is 11.5 Å². The third kappa shape index (κ3) is 1.20. The van der Waals surface area contributed by atoms with E-state index in [4.69, 9.17) is 9.47 Å². The molecule has 76 valence electrons. The Bertz CT molecular complexity index is 311. The summed E-state index contributed by atoms with van der Waals surface area (Å²) in [6.45, 7) is 3.03. The Hall–Kier alpha value is -0.490. The van der Waals surface area contributed by atoms with Crippen molar-refractivity contribution < 1.29 is 9.47 Å². The van der Waals surface area contributed by atoms with E-state index in [0.717, 1.165) is 18.8 Å². The predicted molar refractivity (Wildman–Crippen MR) is 52.4 cm³/mol. The zero-order valence-electron chi connectivity index (χ0n) is 7.73. The normalized spacial score (nSPS) is 30.1. The third-order valence-electron chi connectivity index (χ3n) is 2.81. The van der Waals surface area contributed by atoms with Crippen LogP contribution in [-0.4, -0.2) is 36.3 Å². The van der Waals surface area contributed by atoms with Gasteiger partial charge in [0.25, 0.3) is 0 Å². The second-order valence-electron chi connectivity index (χ2n) is 3.72. The zero-order chi connectivity index (χ0) is 9.43. The summed E-state index contributed by atoms with van der Waals surface area (Å²) in [5.74, 6) is 0. The van der Waals surface area contributed by atoms with Crippen LogP contribution in [0.25, 0.3) is 0 Å². The second-order valence-corrected chi connectivity index (χ2v) is 4.38. The van der Waals surface area contributed by atoms with Gasteiger partial charge >= 0.3 is 0 Å². The quantitative estimate of drug-likeness (QED) is 0.739. The van der Waals surface area contributed by atoms with Gasteiger partial charge < -0.3 is 14.8 Å². The lowest BCUT2D eigenvalue weighted by Crippen LogP contribution is -2.63. The molecule has 2 aliphatic heterocycles. The fraction of sp³-hybridized carbons (Fsp3) is 0.667.